The lowest BCUT2D eigenvalue weighted by molar-refractivity contribution is -0.129. The van der Waals surface area contributed by atoms with Crippen LogP contribution in [0.2, 0.25) is 0 Å². The third-order valence-corrected chi connectivity index (χ3v) is 4.01. The zero-order valence-electron chi connectivity index (χ0n) is 10.6. The van der Waals surface area contributed by atoms with Crippen molar-refractivity contribution < 1.29 is 14.3 Å². The Balaban J connectivity index is 2.10. The van der Waals surface area contributed by atoms with Gasteiger partial charge in [0.2, 0.25) is 0 Å². The van der Waals surface area contributed by atoms with Crippen molar-refractivity contribution in [2.75, 3.05) is 14.2 Å². The molecule has 1 fully saturated rings. The van der Waals surface area contributed by atoms with Crippen LogP contribution in [0.25, 0.3) is 0 Å². The number of methoxy groups -OCH3 is 2. The molecule has 4 heteroatoms. The minimum atomic E-state index is -0.247. The predicted octanol–water partition coefficient (Wildman–Crippen LogP) is 2.99. The van der Waals surface area contributed by atoms with E-state index < -0.39 is 0 Å². The Morgan fingerprint density at radius 2 is 2.17 bits per heavy atom. The van der Waals surface area contributed by atoms with E-state index in [0.29, 0.717) is 12.3 Å². The summed E-state index contributed by atoms with van der Waals surface area (Å²) in [5.74, 6) is 1.34. The van der Waals surface area contributed by atoms with Gasteiger partial charge in [-0.2, -0.15) is 0 Å². The standard InChI is InChI=1S/C14H17BrO3/c1-17-11-5-6-12(15)10(7-11)8-13(16)14(18-2)9-3-4-9/h5-7,9,14H,3-4,8H2,1-2H3. The molecule has 0 saturated heterocycles. The molecule has 0 bridgehead atoms. The quantitative estimate of drug-likeness (QED) is 0.810. The van der Waals surface area contributed by atoms with Crippen LogP contribution in [0.1, 0.15) is 18.4 Å². The van der Waals surface area contributed by atoms with E-state index in [4.69, 9.17) is 9.47 Å². The molecule has 0 N–H and O–H groups in total. The minimum Gasteiger partial charge on any atom is -0.497 e. The molecule has 0 heterocycles. The molecule has 1 saturated carbocycles. The molecule has 2 rings (SSSR count). The van der Waals surface area contributed by atoms with Crippen molar-refractivity contribution in [2.24, 2.45) is 5.92 Å². The van der Waals surface area contributed by atoms with Gasteiger partial charge in [-0.1, -0.05) is 15.9 Å². The minimum absolute atomic E-state index is 0.147. The van der Waals surface area contributed by atoms with Gasteiger partial charge in [0.15, 0.2) is 5.78 Å². The second kappa shape index (κ2) is 5.85. The molecule has 98 valence electrons. The lowest BCUT2D eigenvalue weighted by Crippen LogP contribution is -2.26. The number of hydrogen-bond donors (Lipinski definition) is 0. The summed E-state index contributed by atoms with van der Waals surface area (Å²) in [5, 5.41) is 0. The SMILES string of the molecule is COc1ccc(Br)c(CC(=O)C(OC)C2CC2)c1. The molecule has 1 aromatic carbocycles. The molecule has 1 aromatic rings. The number of benzene rings is 1. The summed E-state index contributed by atoms with van der Waals surface area (Å²) in [4.78, 5) is 12.2. The summed E-state index contributed by atoms with van der Waals surface area (Å²) in [7, 11) is 3.23. The Morgan fingerprint density at radius 1 is 1.44 bits per heavy atom. The summed E-state index contributed by atoms with van der Waals surface area (Å²) in [6.07, 6.45) is 2.34. The van der Waals surface area contributed by atoms with E-state index >= 15 is 0 Å². The first-order valence-electron chi connectivity index (χ1n) is 6.03. The fraction of sp³-hybridized carbons (Fsp3) is 0.500. The molecule has 0 amide bonds. The molecule has 0 aromatic heterocycles. The van der Waals surface area contributed by atoms with E-state index in [9.17, 15) is 4.79 Å². The number of ketones is 1. The van der Waals surface area contributed by atoms with E-state index in [-0.39, 0.29) is 11.9 Å². The van der Waals surface area contributed by atoms with Crippen molar-refractivity contribution in [3.8, 4) is 5.75 Å². The van der Waals surface area contributed by atoms with Crippen molar-refractivity contribution in [1.82, 2.24) is 0 Å². The zero-order valence-corrected chi connectivity index (χ0v) is 12.2. The maximum Gasteiger partial charge on any atom is 0.166 e. The molecule has 0 radical (unpaired) electrons. The first kappa shape index (κ1) is 13.6. The van der Waals surface area contributed by atoms with Crippen molar-refractivity contribution >= 4 is 21.7 Å². The van der Waals surface area contributed by atoms with Gasteiger partial charge in [0.05, 0.1) is 7.11 Å². The number of carbonyl (C=O) groups is 1. The molecule has 1 aliphatic rings. The van der Waals surface area contributed by atoms with Crippen LogP contribution in [0.5, 0.6) is 5.75 Å². The zero-order chi connectivity index (χ0) is 13.1. The third kappa shape index (κ3) is 3.12. The maximum absolute atomic E-state index is 12.2. The Morgan fingerprint density at radius 3 is 2.72 bits per heavy atom. The van der Waals surface area contributed by atoms with E-state index in [1.807, 2.05) is 18.2 Å². The van der Waals surface area contributed by atoms with Crippen molar-refractivity contribution in [1.29, 1.82) is 0 Å². The average Bonchev–Trinajstić information content (AvgIpc) is 3.17. The number of Topliss-reactive ketones (excluding diaryl/α,β-unsaturated/α-hetero) is 1. The van der Waals surface area contributed by atoms with Gasteiger partial charge in [0.25, 0.3) is 0 Å². The highest BCUT2D eigenvalue weighted by Gasteiger charge is 2.36. The number of ether oxygens (including phenoxy) is 2. The van der Waals surface area contributed by atoms with Crippen molar-refractivity contribution in [3.63, 3.8) is 0 Å². The van der Waals surface area contributed by atoms with Crippen LogP contribution in [0.3, 0.4) is 0 Å². The van der Waals surface area contributed by atoms with Gasteiger partial charge in [0, 0.05) is 18.0 Å². The van der Waals surface area contributed by atoms with Crippen LogP contribution >= 0.6 is 15.9 Å². The molecule has 0 spiro atoms. The van der Waals surface area contributed by atoms with Gasteiger partial charge in [-0.3, -0.25) is 4.79 Å². The molecule has 0 aliphatic heterocycles. The summed E-state index contributed by atoms with van der Waals surface area (Å²) >= 11 is 3.46. The molecule has 1 unspecified atom stereocenters. The number of halogens is 1. The fourth-order valence-electron chi connectivity index (χ4n) is 2.09. The highest BCUT2D eigenvalue weighted by molar-refractivity contribution is 9.10. The first-order valence-corrected chi connectivity index (χ1v) is 6.83. The van der Waals surface area contributed by atoms with Gasteiger partial charge in [0.1, 0.15) is 11.9 Å². The van der Waals surface area contributed by atoms with Gasteiger partial charge in [-0.05, 0) is 42.5 Å². The van der Waals surface area contributed by atoms with Crippen LogP contribution in [0.15, 0.2) is 22.7 Å². The van der Waals surface area contributed by atoms with Crippen molar-refractivity contribution in [3.05, 3.63) is 28.2 Å². The lowest BCUT2D eigenvalue weighted by atomic mass is 10.0. The smallest absolute Gasteiger partial charge is 0.166 e. The number of carbonyl (C=O) groups excluding carboxylic acids is 1. The average molecular weight is 313 g/mol. The normalized spacial score (nSPS) is 16.4. The van der Waals surface area contributed by atoms with Gasteiger partial charge < -0.3 is 9.47 Å². The first-order chi connectivity index (χ1) is 8.65. The molecule has 1 atom stereocenters. The summed E-state index contributed by atoms with van der Waals surface area (Å²) < 4.78 is 11.4. The van der Waals surface area contributed by atoms with Gasteiger partial charge >= 0.3 is 0 Å². The van der Waals surface area contributed by atoms with E-state index in [1.54, 1.807) is 14.2 Å². The summed E-state index contributed by atoms with van der Waals surface area (Å²) in [5.41, 5.74) is 0.946. The molecule has 18 heavy (non-hydrogen) atoms. The van der Waals surface area contributed by atoms with Crippen LogP contribution in [-0.4, -0.2) is 26.1 Å². The Labute approximate surface area is 116 Å². The fourth-order valence-corrected chi connectivity index (χ4v) is 2.47. The van der Waals surface area contributed by atoms with E-state index in [2.05, 4.69) is 15.9 Å². The number of hydrogen-bond acceptors (Lipinski definition) is 3. The monoisotopic (exact) mass is 312 g/mol. The molecular formula is C14H17BrO3. The number of rotatable bonds is 6. The third-order valence-electron chi connectivity index (χ3n) is 3.24. The van der Waals surface area contributed by atoms with Crippen LogP contribution in [0.4, 0.5) is 0 Å². The van der Waals surface area contributed by atoms with Crippen molar-refractivity contribution in [2.45, 2.75) is 25.4 Å². The second-order valence-electron chi connectivity index (χ2n) is 4.59. The lowest BCUT2D eigenvalue weighted by Gasteiger charge is -2.14. The highest BCUT2D eigenvalue weighted by Crippen LogP contribution is 2.35. The van der Waals surface area contributed by atoms with Gasteiger partial charge in [-0.15, -0.1) is 0 Å². The Hall–Kier alpha value is -0.870. The van der Waals surface area contributed by atoms with Crippen LogP contribution in [0, 0.1) is 5.92 Å². The Bertz CT molecular complexity index is 441. The van der Waals surface area contributed by atoms with Crippen LogP contribution < -0.4 is 4.74 Å². The maximum atomic E-state index is 12.2. The summed E-state index contributed by atoms with van der Waals surface area (Å²) in [6, 6.07) is 5.66. The molecule has 1 aliphatic carbocycles. The van der Waals surface area contributed by atoms with Gasteiger partial charge in [-0.25, -0.2) is 0 Å². The molecular weight excluding hydrogens is 296 g/mol. The van der Waals surface area contributed by atoms with Crippen LogP contribution in [-0.2, 0) is 16.0 Å². The van der Waals surface area contributed by atoms with E-state index in [1.165, 1.54) is 0 Å². The molecule has 3 nitrogen and oxygen atoms in total. The summed E-state index contributed by atoms with van der Waals surface area (Å²) in [6.45, 7) is 0. The highest BCUT2D eigenvalue weighted by atomic mass is 79.9. The Kier molecular flexibility index (Phi) is 4.40. The largest absolute Gasteiger partial charge is 0.497 e. The topological polar surface area (TPSA) is 35.5 Å². The van der Waals surface area contributed by atoms with E-state index in [0.717, 1.165) is 28.6 Å². The predicted molar refractivity (Wildman–Crippen MR) is 72.9 cm³/mol. The second-order valence-corrected chi connectivity index (χ2v) is 5.45.